The quantitative estimate of drug-likeness (QED) is 0.836. The number of rotatable bonds is 5. The number of ether oxygens (including phenoxy) is 1. The van der Waals surface area contributed by atoms with Crippen molar-refractivity contribution >= 4 is 27.1 Å². The van der Waals surface area contributed by atoms with Gasteiger partial charge in [-0.15, -0.1) is 11.3 Å². The molecule has 0 aliphatic heterocycles. The molecule has 16 heavy (non-hydrogen) atoms. The van der Waals surface area contributed by atoms with Gasteiger partial charge in [0.2, 0.25) is 0 Å². The topological polar surface area (TPSA) is 93.6 Å². The van der Waals surface area contributed by atoms with Crippen LogP contribution in [0.3, 0.4) is 0 Å². The molecule has 0 saturated carbocycles. The van der Waals surface area contributed by atoms with Gasteiger partial charge in [-0.3, -0.25) is 0 Å². The Bertz CT molecular complexity index is 491. The molecule has 1 heterocycles. The number of aryl methyl sites for hydroxylation is 1. The van der Waals surface area contributed by atoms with Crippen molar-refractivity contribution in [1.29, 1.82) is 0 Å². The van der Waals surface area contributed by atoms with Crippen molar-refractivity contribution in [1.82, 2.24) is 4.98 Å². The summed E-state index contributed by atoms with van der Waals surface area (Å²) in [5.74, 6) is -1.55. The molecule has 0 aliphatic carbocycles. The van der Waals surface area contributed by atoms with E-state index < -0.39 is 15.8 Å². The number of aromatic carboxylic acids is 1. The van der Waals surface area contributed by atoms with Gasteiger partial charge < -0.3 is 9.84 Å². The van der Waals surface area contributed by atoms with Gasteiger partial charge in [-0.25, -0.2) is 18.2 Å². The molecule has 0 radical (unpaired) electrons. The van der Waals surface area contributed by atoms with Crippen LogP contribution in [0, 0.1) is 6.92 Å². The number of carboxylic acid groups (broad SMARTS) is 1. The lowest BCUT2D eigenvalue weighted by Gasteiger charge is -2.01. The fourth-order valence-electron chi connectivity index (χ4n) is 1.04. The SMILES string of the molecule is COCCS(=O)(=O)c1nc(C)sc1C(=O)O. The Balaban J connectivity index is 3.17. The number of nitrogens with zero attached hydrogens (tertiary/aromatic N) is 1. The van der Waals surface area contributed by atoms with Crippen LogP contribution in [0.15, 0.2) is 5.03 Å². The van der Waals surface area contributed by atoms with E-state index in [2.05, 4.69) is 9.72 Å². The van der Waals surface area contributed by atoms with Crippen molar-refractivity contribution in [3.63, 3.8) is 0 Å². The van der Waals surface area contributed by atoms with Gasteiger partial charge in [-0.1, -0.05) is 0 Å². The van der Waals surface area contributed by atoms with Crippen LogP contribution in [-0.4, -0.2) is 43.9 Å². The Hall–Kier alpha value is -0.990. The summed E-state index contributed by atoms with van der Waals surface area (Å²) in [5, 5.41) is 8.89. The van der Waals surface area contributed by atoms with Crippen molar-refractivity contribution in [3.8, 4) is 0 Å². The van der Waals surface area contributed by atoms with E-state index in [-0.39, 0.29) is 22.3 Å². The minimum Gasteiger partial charge on any atom is -0.477 e. The molecule has 8 heteroatoms. The number of carboxylic acids is 1. The number of carbonyl (C=O) groups is 1. The summed E-state index contributed by atoms with van der Waals surface area (Å²) in [5.41, 5.74) is 0. The minimum atomic E-state index is -3.68. The third-order valence-corrected chi connectivity index (χ3v) is 4.42. The number of hydrogen-bond acceptors (Lipinski definition) is 6. The zero-order chi connectivity index (χ0) is 12.3. The number of methoxy groups -OCH3 is 1. The Morgan fingerprint density at radius 2 is 2.19 bits per heavy atom. The van der Waals surface area contributed by atoms with Gasteiger partial charge in [0.05, 0.1) is 17.4 Å². The van der Waals surface area contributed by atoms with Crippen LogP contribution in [-0.2, 0) is 14.6 Å². The van der Waals surface area contributed by atoms with Gasteiger partial charge in [0.15, 0.2) is 19.7 Å². The molecule has 0 bridgehead atoms. The number of hydrogen-bond donors (Lipinski definition) is 1. The lowest BCUT2D eigenvalue weighted by atomic mass is 10.6. The van der Waals surface area contributed by atoms with E-state index >= 15 is 0 Å². The standard InChI is InChI=1S/C8H11NO5S2/c1-5-9-7(6(15-5)8(10)11)16(12,13)4-3-14-2/h3-4H2,1-2H3,(H,10,11). The maximum absolute atomic E-state index is 11.7. The Labute approximate surface area is 96.8 Å². The Kier molecular flexibility index (Phi) is 4.00. The van der Waals surface area contributed by atoms with E-state index in [0.717, 1.165) is 11.3 Å². The van der Waals surface area contributed by atoms with E-state index in [1.807, 2.05) is 0 Å². The second kappa shape index (κ2) is 4.89. The molecule has 6 nitrogen and oxygen atoms in total. The summed E-state index contributed by atoms with van der Waals surface area (Å²) in [7, 11) is -2.31. The normalized spacial score (nSPS) is 11.6. The molecule has 0 aliphatic rings. The molecule has 0 aromatic carbocycles. The van der Waals surface area contributed by atoms with Gasteiger partial charge in [0, 0.05) is 7.11 Å². The summed E-state index contributed by atoms with van der Waals surface area (Å²) < 4.78 is 28.1. The van der Waals surface area contributed by atoms with Crippen molar-refractivity contribution in [2.75, 3.05) is 19.5 Å². The van der Waals surface area contributed by atoms with Gasteiger partial charge >= 0.3 is 5.97 Å². The molecule has 0 unspecified atom stereocenters. The van der Waals surface area contributed by atoms with Crippen LogP contribution < -0.4 is 0 Å². The Morgan fingerprint density at radius 3 is 2.69 bits per heavy atom. The first-order valence-corrected chi connectivity index (χ1v) is 6.78. The molecule has 0 atom stereocenters. The summed E-state index contributed by atoms with van der Waals surface area (Å²) in [6, 6.07) is 0. The van der Waals surface area contributed by atoms with Crippen LogP contribution in [0.4, 0.5) is 0 Å². The number of aromatic nitrogens is 1. The summed E-state index contributed by atoms with van der Waals surface area (Å²) >= 11 is 0.852. The van der Waals surface area contributed by atoms with E-state index in [9.17, 15) is 13.2 Å². The molecule has 1 rings (SSSR count). The van der Waals surface area contributed by atoms with E-state index in [1.54, 1.807) is 6.92 Å². The predicted octanol–water partition coefficient (Wildman–Crippen LogP) is 0.570. The van der Waals surface area contributed by atoms with E-state index in [4.69, 9.17) is 5.11 Å². The van der Waals surface area contributed by atoms with E-state index in [0.29, 0.717) is 5.01 Å². The molecule has 1 aromatic rings. The van der Waals surface area contributed by atoms with Gasteiger partial charge in [-0.05, 0) is 6.92 Å². The molecule has 1 aromatic heterocycles. The van der Waals surface area contributed by atoms with Crippen LogP contribution in [0.5, 0.6) is 0 Å². The first-order valence-electron chi connectivity index (χ1n) is 4.31. The zero-order valence-electron chi connectivity index (χ0n) is 8.76. The first kappa shape index (κ1) is 13.1. The number of thiazole rings is 1. The molecule has 0 fully saturated rings. The first-order chi connectivity index (χ1) is 7.38. The van der Waals surface area contributed by atoms with Gasteiger partial charge in [0.25, 0.3) is 0 Å². The summed E-state index contributed by atoms with van der Waals surface area (Å²) in [6.45, 7) is 1.57. The lowest BCUT2D eigenvalue weighted by Crippen LogP contribution is -2.14. The van der Waals surface area contributed by atoms with Crippen LogP contribution in [0.2, 0.25) is 0 Å². The lowest BCUT2D eigenvalue weighted by molar-refractivity contribution is 0.0697. The van der Waals surface area contributed by atoms with Crippen LogP contribution in [0.25, 0.3) is 0 Å². The number of sulfone groups is 1. The largest absolute Gasteiger partial charge is 0.477 e. The molecule has 1 N–H and O–H groups in total. The fraction of sp³-hybridized carbons (Fsp3) is 0.500. The molecule has 0 amide bonds. The molecular weight excluding hydrogens is 254 g/mol. The highest BCUT2D eigenvalue weighted by atomic mass is 32.2. The van der Waals surface area contributed by atoms with Gasteiger partial charge in [-0.2, -0.15) is 0 Å². The molecular formula is C8H11NO5S2. The van der Waals surface area contributed by atoms with Crippen molar-refractivity contribution in [2.45, 2.75) is 11.9 Å². The maximum atomic E-state index is 11.7. The second-order valence-electron chi connectivity index (χ2n) is 2.98. The highest BCUT2D eigenvalue weighted by molar-refractivity contribution is 7.91. The summed E-state index contributed by atoms with van der Waals surface area (Å²) in [6.07, 6.45) is 0. The highest BCUT2D eigenvalue weighted by Gasteiger charge is 2.26. The van der Waals surface area contributed by atoms with Crippen molar-refractivity contribution < 1.29 is 23.1 Å². The average Bonchev–Trinajstić information content (AvgIpc) is 2.58. The van der Waals surface area contributed by atoms with Crippen LogP contribution >= 0.6 is 11.3 Å². The van der Waals surface area contributed by atoms with Gasteiger partial charge in [0.1, 0.15) is 0 Å². The highest BCUT2D eigenvalue weighted by Crippen LogP contribution is 2.23. The molecule has 0 spiro atoms. The van der Waals surface area contributed by atoms with Crippen LogP contribution in [0.1, 0.15) is 14.7 Å². The third-order valence-electron chi connectivity index (χ3n) is 1.75. The Morgan fingerprint density at radius 1 is 1.56 bits per heavy atom. The van der Waals surface area contributed by atoms with E-state index in [1.165, 1.54) is 7.11 Å². The average molecular weight is 265 g/mol. The third kappa shape index (κ3) is 2.77. The molecule has 0 saturated heterocycles. The minimum absolute atomic E-state index is 0.0119. The molecule has 90 valence electrons. The van der Waals surface area contributed by atoms with Crippen molar-refractivity contribution in [2.24, 2.45) is 0 Å². The summed E-state index contributed by atoms with van der Waals surface area (Å²) in [4.78, 5) is 14.3. The second-order valence-corrected chi connectivity index (χ2v) is 6.21. The van der Waals surface area contributed by atoms with Crippen molar-refractivity contribution in [3.05, 3.63) is 9.88 Å². The maximum Gasteiger partial charge on any atom is 0.348 e. The zero-order valence-corrected chi connectivity index (χ0v) is 10.4. The monoisotopic (exact) mass is 265 g/mol. The smallest absolute Gasteiger partial charge is 0.348 e. The predicted molar refractivity (Wildman–Crippen MR) is 57.7 cm³/mol. The fourth-order valence-corrected chi connectivity index (χ4v) is 3.49.